The molecule has 4 rings (SSSR count). The summed E-state index contributed by atoms with van der Waals surface area (Å²) >= 11 is 6.10. The number of fused-ring (bicyclic) bond motifs is 1. The Balaban J connectivity index is 1.54. The van der Waals surface area contributed by atoms with E-state index in [1.807, 2.05) is 58.8 Å². The van der Waals surface area contributed by atoms with Crippen LogP contribution in [-0.2, 0) is 6.42 Å². The van der Waals surface area contributed by atoms with Gasteiger partial charge in [0.2, 0.25) is 0 Å². The van der Waals surface area contributed by atoms with Gasteiger partial charge in [0.15, 0.2) is 0 Å². The molecule has 1 aromatic carbocycles. The number of piperazine rings is 1. The molecule has 3 heterocycles. The highest BCUT2D eigenvalue weighted by Gasteiger charge is 2.26. The fourth-order valence-corrected chi connectivity index (χ4v) is 3.69. The number of aromatic nitrogens is 2. The maximum atomic E-state index is 13.2. The van der Waals surface area contributed by atoms with E-state index in [4.69, 9.17) is 11.6 Å². The van der Waals surface area contributed by atoms with Crippen LogP contribution in [0.3, 0.4) is 0 Å². The van der Waals surface area contributed by atoms with Crippen molar-refractivity contribution in [3.05, 3.63) is 65.1 Å². The summed E-state index contributed by atoms with van der Waals surface area (Å²) in [5.74, 6) is 0.0614. The van der Waals surface area contributed by atoms with E-state index in [9.17, 15) is 4.79 Å². The van der Waals surface area contributed by atoms with Crippen molar-refractivity contribution < 1.29 is 4.79 Å². The number of nitrogens with zero attached hydrogens (tertiary/aromatic N) is 4. The van der Waals surface area contributed by atoms with Crippen LogP contribution in [0.25, 0.3) is 5.65 Å². The van der Waals surface area contributed by atoms with Gasteiger partial charge in [-0.15, -0.1) is 0 Å². The van der Waals surface area contributed by atoms with Gasteiger partial charge in [0, 0.05) is 43.1 Å². The summed E-state index contributed by atoms with van der Waals surface area (Å²) in [5.41, 5.74) is 3.48. The van der Waals surface area contributed by atoms with Crippen molar-refractivity contribution in [2.45, 2.75) is 13.3 Å². The molecule has 0 N–H and O–H groups in total. The second-order valence-corrected chi connectivity index (χ2v) is 6.89. The Labute approximate surface area is 157 Å². The molecule has 3 aromatic rings. The maximum Gasteiger partial charge on any atom is 0.272 e. The van der Waals surface area contributed by atoms with Gasteiger partial charge in [-0.25, -0.2) is 4.98 Å². The van der Waals surface area contributed by atoms with Gasteiger partial charge in [-0.2, -0.15) is 0 Å². The van der Waals surface area contributed by atoms with Gasteiger partial charge < -0.3 is 9.80 Å². The minimum Gasteiger partial charge on any atom is -0.368 e. The van der Waals surface area contributed by atoms with E-state index in [0.717, 1.165) is 41.6 Å². The number of pyridine rings is 1. The highest BCUT2D eigenvalue weighted by molar-refractivity contribution is 6.30. The van der Waals surface area contributed by atoms with Crippen LogP contribution in [0, 0.1) is 0 Å². The van der Waals surface area contributed by atoms with E-state index in [1.165, 1.54) is 0 Å². The fraction of sp³-hybridized carbons (Fsp3) is 0.300. The normalized spacial score (nSPS) is 14.8. The molecular weight excluding hydrogens is 348 g/mol. The molecule has 1 fully saturated rings. The predicted octanol–water partition coefficient (Wildman–Crippen LogP) is 3.51. The largest absolute Gasteiger partial charge is 0.368 e. The lowest BCUT2D eigenvalue weighted by Crippen LogP contribution is -2.49. The second kappa shape index (κ2) is 7.00. The molecule has 0 saturated carbocycles. The first-order valence-electron chi connectivity index (χ1n) is 8.93. The standard InChI is InChI=1S/C20H21ClN4O/c1-2-17-19(25-9-4-3-8-18(25)22-17)20(26)24-12-10-23(11-13-24)16-7-5-6-15(21)14-16/h3-9,14H,2,10-13H2,1H3. The van der Waals surface area contributed by atoms with Gasteiger partial charge in [-0.3, -0.25) is 9.20 Å². The number of anilines is 1. The third kappa shape index (κ3) is 3.03. The summed E-state index contributed by atoms with van der Waals surface area (Å²) in [6.07, 6.45) is 2.65. The van der Waals surface area contributed by atoms with Gasteiger partial charge in [0.1, 0.15) is 11.3 Å². The number of benzene rings is 1. The number of rotatable bonds is 3. The Hall–Kier alpha value is -2.53. The fourth-order valence-electron chi connectivity index (χ4n) is 3.51. The zero-order valence-electron chi connectivity index (χ0n) is 14.7. The molecule has 1 amide bonds. The molecule has 0 unspecified atom stereocenters. The Morgan fingerprint density at radius 2 is 1.92 bits per heavy atom. The Morgan fingerprint density at radius 3 is 2.65 bits per heavy atom. The molecular formula is C20H21ClN4O. The third-order valence-corrected chi connectivity index (χ3v) is 5.11. The topological polar surface area (TPSA) is 40.9 Å². The van der Waals surface area contributed by atoms with E-state index in [1.54, 1.807) is 0 Å². The Bertz CT molecular complexity index is 944. The summed E-state index contributed by atoms with van der Waals surface area (Å²) in [5, 5.41) is 0.735. The van der Waals surface area contributed by atoms with Gasteiger partial charge in [-0.1, -0.05) is 30.7 Å². The lowest BCUT2D eigenvalue weighted by Gasteiger charge is -2.36. The van der Waals surface area contributed by atoms with Crippen LogP contribution in [0.15, 0.2) is 48.7 Å². The monoisotopic (exact) mass is 368 g/mol. The van der Waals surface area contributed by atoms with Crippen LogP contribution in [0.1, 0.15) is 23.1 Å². The molecule has 0 atom stereocenters. The highest BCUT2D eigenvalue weighted by atomic mass is 35.5. The first-order valence-corrected chi connectivity index (χ1v) is 9.31. The predicted molar refractivity (Wildman–Crippen MR) is 104 cm³/mol. The van der Waals surface area contributed by atoms with Crippen LogP contribution >= 0.6 is 11.6 Å². The molecule has 26 heavy (non-hydrogen) atoms. The van der Waals surface area contributed by atoms with Gasteiger partial charge >= 0.3 is 0 Å². The first-order chi connectivity index (χ1) is 12.7. The van der Waals surface area contributed by atoms with E-state index in [-0.39, 0.29) is 5.91 Å². The van der Waals surface area contributed by atoms with Crippen molar-refractivity contribution in [3.8, 4) is 0 Å². The summed E-state index contributed by atoms with van der Waals surface area (Å²) in [6, 6.07) is 13.7. The van der Waals surface area contributed by atoms with E-state index in [0.29, 0.717) is 18.8 Å². The molecule has 134 valence electrons. The number of carbonyl (C=O) groups is 1. The smallest absolute Gasteiger partial charge is 0.272 e. The maximum absolute atomic E-state index is 13.2. The zero-order valence-corrected chi connectivity index (χ0v) is 15.5. The summed E-state index contributed by atoms with van der Waals surface area (Å²) in [6.45, 7) is 5.01. The zero-order chi connectivity index (χ0) is 18.1. The minimum absolute atomic E-state index is 0.0614. The Kier molecular flexibility index (Phi) is 4.55. The summed E-state index contributed by atoms with van der Waals surface area (Å²) in [7, 11) is 0. The number of hydrogen-bond acceptors (Lipinski definition) is 3. The lowest BCUT2D eigenvalue weighted by atomic mass is 10.2. The molecule has 5 nitrogen and oxygen atoms in total. The SMILES string of the molecule is CCc1nc2ccccn2c1C(=O)N1CCN(c2cccc(Cl)c2)CC1. The molecule has 0 aliphatic carbocycles. The van der Waals surface area contributed by atoms with Gasteiger partial charge in [0.25, 0.3) is 5.91 Å². The van der Waals surface area contributed by atoms with E-state index >= 15 is 0 Å². The van der Waals surface area contributed by atoms with Crippen LogP contribution < -0.4 is 4.90 Å². The average molecular weight is 369 g/mol. The van der Waals surface area contributed by atoms with Crippen molar-refractivity contribution >= 4 is 28.8 Å². The number of halogens is 1. The second-order valence-electron chi connectivity index (χ2n) is 6.45. The van der Waals surface area contributed by atoms with Crippen molar-refractivity contribution in [2.24, 2.45) is 0 Å². The van der Waals surface area contributed by atoms with Crippen LogP contribution in [0.2, 0.25) is 5.02 Å². The molecule has 0 bridgehead atoms. The van der Waals surface area contributed by atoms with Crippen LogP contribution in [0.5, 0.6) is 0 Å². The summed E-state index contributed by atoms with van der Waals surface area (Å²) in [4.78, 5) is 22.0. The highest BCUT2D eigenvalue weighted by Crippen LogP contribution is 2.22. The lowest BCUT2D eigenvalue weighted by molar-refractivity contribution is 0.0738. The molecule has 1 aliphatic heterocycles. The van der Waals surface area contributed by atoms with E-state index in [2.05, 4.69) is 16.0 Å². The van der Waals surface area contributed by atoms with Crippen LogP contribution in [-0.4, -0.2) is 46.4 Å². The van der Waals surface area contributed by atoms with Crippen molar-refractivity contribution in [1.29, 1.82) is 0 Å². The number of hydrogen-bond donors (Lipinski definition) is 0. The molecule has 1 saturated heterocycles. The quantitative estimate of drug-likeness (QED) is 0.710. The third-order valence-electron chi connectivity index (χ3n) is 4.88. The Morgan fingerprint density at radius 1 is 1.12 bits per heavy atom. The number of aryl methyl sites for hydroxylation is 1. The summed E-state index contributed by atoms with van der Waals surface area (Å²) < 4.78 is 1.91. The number of imidazole rings is 1. The van der Waals surface area contributed by atoms with Crippen molar-refractivity contribution in [2.75, 3.05) is 31.1 Å². The van der Waals surface area contributed by atoms with Crippen LogP contribution in [0.4, 0.5) is 5.69 Å². The number of amides is 1. The molecule has 2 aromatic heterocycles. The first kappa shape index (κ1) is 16.9. The molecule has 0 spiro atoms. The van der Waals surface area contributed by atoms with Gasteiger partial charge in [0.05, 0.1) is 5.69 Å². The van der Waals surface area contributed by atoms with Crippen molar-refractivity contribution in [3.63, 3.8) is 0 Å². The molecule has 6 heteroatoms. The van der Waals surface area contributed by atoms with Gasteiger partial charge in [-0.05, 0) is 36.8 Å². The van der Waals surface area contributed by atoms with E-state index < -0.39 is 0 Å². The average Bonchev–Trinajstić information content (AvgIpc) is 3.06. The molecule has 0 radical (unpaired) electrons. The number of carbonyl (C=O) groups excluding carboxylic acids is 1. The minimum atomic E-state index is 0.0614. The van der Waals surface area contributed by atoms with Crippen molar-refractivity contribution in [1.82, 2.24) is 14.3 Å². The molecule has 1 aliphatic rings.